The normalized spacial score (nSPS) is 11.5. The van der Waals surface area contributed by atoms with Gasteiger partial charge in [-0.1, -0.05) is 29.3 Å². The minimum absolute atomic E-state index is 0.00313. The monoisotopic (exact) mass is 475 g/mol. The van der Waals surface area contributed by atoms with Crippen LogP contribution in [0.4, 0.5) is 13.2 Å². The van der Waals surface area contributed by atoms with Gasteiger partial charge in [0.25, 0.3) is 5.91 Å². The second-order valence-electron chi connectivity index (χ2n) is 6.57. The van der Waals surface area contributed by atoms with E-state index in [0.29, 0.717) is 27.9 Å². The van der Waals surface area contributed by atoms with Crippen molar-refractivity contribution < 1.29 is 22.7 Å². The number of hydrogen-bond acceptors (Lipinski definition) is 4. The van der Waals surface area contributed by atoms with E-state index in [1.54, 1.807) is 31.3 Å². The number of rotatable bonds is 8. The minimum Gasteiger partial charge on any atom is -0.468 e. The number of benzene rings is 1. The largest absolute Gasteiger partial charge is 0.468 e. The number of para-hydroxylation sites is 1. The first-order valence-electron chi connectivity index (χ1n) is 9.15. The molecule has 2 aromatic heterocycles. The standard InChI is InChI=1S/C19H18Cl2F3N5O2/c1-12-10-16(19(22,23)24)27-29(12)8-3-7-25-18(30)15-6-9-28(26-15)11-31-17-13(20)4-2-5-14(17)21/h2,4-6,9-10H,3,7-8,11H2,1H3,(H,25,30). The molecule has 0 saturated carbocycles. The zero-order valence-corrected chi connectivity index (χ0v) is 17.8. The lowest BCUT2D eigenvalue weighted by atomic mass is 10.3. The molecule has 2 heterocycles. The van der Waals surface area contributed by atoms with Gasteiger partial charge in [-0.15, -0.1) is 0 Å². The van der Waals surface area contributed by atoms with Crippen LogP contribution in [0.3, 0.4) is 0 Å². The molecule has 7 nitrogen and oxygen atoms in total. The van der Waals surface area contributed by atoms with Crippen LogP contribution < -0.4 is 10.1 Å². The molecule has 1 aromatic carbocycles. The van der Waals surface area contributed by atoms with Gasteiger partial charge in [0.2, 0.25) is 0 Å². The Morgan fingerprint density at radius 1 is 1.19 bits per heavy atom. The maximum Gasteiger partial charge on any atom is 0.435 e. The Morgan fingerprint density at radius 2 is 1.90 bits per heavy atom. The van der Waals surface area contributed by atoms with Crippen LogP contribution in [0, 0.1) is 6.92 Å². The quantitative estimate of drug-likeness (QED) is 0.484. The SMILES string of the molecule is Cc1cc(C(F)(F)F)nn1CCCNC(=O)c1ccn(COc2c(Cl)cccc2Cl)n1. The first kappa shape index (κ1) is 23.0. The van der Waals surface area contributed by atoms with Gasteiger partial charge in [0, 0.05) is 25.0 Å². The van der Waals surface area contributed by atoms with Gasteiger partial charge in [-0.3, -0.25) is 9.48 Å². The van der Waals surface area contributed by atoms with E-state index in [0.717, 1.165) is 6.07 Å². The van der Waals surface area contributed by atoms with E-state index in [1.165, 1.54) is 15.4 Å². The predicted molar refractivity (Wildman–Crippen MR) is 108 cm³/mol. The van der Waals surface area contributed by atoms with Crippen molar-refractivity contribution in [3.8, 4) is 5.75 Å². The number of nitrogens with zero attached hydrogens (tertiary/aromatic N) is 4. The summed E-state index contributed by atoms with van der Waals surface area (Å²) in [5.41, 5.74) is -0.362. The zero-order valence-electron chi connectivity index (χ0n) is 16.3. The van der Waals surface area contributed by atoms with E-state index < -0.39 is 17.8 Å². The minimum atomic E-state index is -4.48. The summed E-state index contributed by atoms with van der Waals surface area (Å²) in [7, 11) is 0. The fourth-order valence-electron chi connectivity index (χ4n) is 2.70. The van der Waals surface area contributed by atoms with Crippen molar-refractivity contribution in [2.24, 2.45) is 0 Å². The second kappa shape index (κ2) is 9.61. The van der Waals surface area contributed by atoms with Crippen molar-refractivity contribution in [1.82, 2.24) is 24.9 Å². The summed E-state index contributed by atoms with van der Waals surface area (Å²) in [4.78, 5) is 12.2. The Labute approximate surface area is 185 Å². The van der Waals surface area contributed by atoms with Crippen LogP contribution in [0.25, 0.3) is 0 Å². The smallest absolute Gasteiger partial charge is 0.435 e. The van der Waals surface area contributed by atoms with Crippen molar-refractivity contribution in [3.05, 3.63) is 63.7 Å². The Morgan fingerprint density at radius 3 is 2.55 bits per heavy atom. The van der Waals surface area contributed by atoms with Gasteiger partial charge in [-0.25, -0.2) is 4.68 Å². The van der Waals surface area contributed by atoms with Crippen LogP contribution in [0.15, 0.2) is 36.5 Å². The number of amides is 1. The number of ether oxygens (including phenoxy) is 1. The number of nitrogens with one attached hydrogen (secondary N) is 1. The first-order valence-corrected chi connectivity index (χ1v) is 9.91. The molecule has 12 heteroatoms. The number of aromatic nitrogens is 4. The molecular formula is C19H18Cl2F3N5O2. The number of carbonyl (C=O) groups is 1. The lowest BCUT2D eigenvalue weighted by molar-refractivity contribution is -0.141. The predicted octanol–water partition coefficient (Wildman–Crippen LogP) is 4.57. The summed E-state index contributed by atoms with van der Waals surface area (Å²) in [6, 6.07) is 7.47. The summed E-state index contributed by atoms with van der Waals surface area (Å²) >= 11 is 12.1. The molecule has 1 N–H and O–H groups in total. The molecule has 0 aliphatic carbocycles. The van der Waals surface area contributed by atoms with Crippen molar-refractivity contribution in [3.63, 3.8) is 0 Å². The van der Waals surface area contributed by atoms with Crippen LogP contribution in [-0.4, -0.2) is 32.0 Å². The van der Waals surface area contributed by atoms with Crippen LogP contribution in [0.5, 0.6) is 5.75 Å². The molecule has 0 bridgehead atoms. The summed E-state index contributed by atoms with van der Waals surface area (Å²) in [5.74, 6) is -0.0994. The molecule has 0 spiro atoms. The Kier molecular flexibility index (Phi) is 7.11. The topological polar surface area (TPSA) is 74.0 Å². The van der Waals surface area contributed by atoms with Crippen molar-refractivity contribution in [2.75, 3.05) is 6.54 Å². The zero-order chi connectivity index (χ0) is 22.6. The van der Waals surface area contributed by atoms with Gasteiger partial charge in [-0.2, -0.15) is 23.4 Å². The van der Waals surface area contributed by atoms with Crippen LogP contribution in [-0.2, 0) is 19.5 Å². The third kappa shape index (κ3) is 5.92. The summed E-state index contributed by atoms with van der Waals surface area (Å²) in [6.07, 6.45) is -2.52. The average Bonchev–Trinajstić information content (AvgIpc) is 3.31. The van der Waals surface area contributed by atoms with E-state index in [-0.39, 0.29) is 25.5 Å². The van der Waals surface area contributed by atoms with Gasteiger partial charge >= 0.3 is 6.18 Å². The summed E-state index contributed by atoms with van der Waals surface area (Å²) in [5, 5.41) is 11.0. The molecule has 3 rings (SSSR count). The van der Waals surface area contributed by atoms with E-state index in [2.05, 4.69) is 15.5 Å². The molecule has 166 valence electrons. The highest BCUT2D eigenvalue weighted by molar-refractivity contribution is 6.37. The molecule has 0 radical (unpaired) electrons. The highest BCUT2D eigenvalue weighted by atomic mass is 35.5. The number of alkyl halides is 3. The van der Waals surface area contributed by atoms with Crippen molar-refractivity contribution >= 4 is 29.1 Å². The molecule has 3 aromatic rings. The number of aryl methyl sites for hydroxylation is 2. The molecule has 0 aliphatic rings. The number of hydrogen-bond donors (Lipinski definition) is 1. The highest BCUT2D eigenvalue weighted by Gasteiger charge is 2.34. The van der Waals surface area contributed by atoms with Gasteiger partial charge in [0.05, 0.1) is 10.0 Å². The summed E-state index contributed by atoms with van der Waals surface area (Å²) in [6.45, 7) is 2.03. The molecule has 0 fully saturated rings. The number of carbonyl (C=O) groups excluding carboxylic acids is 1. The lowest BCUT2D eigenvalue weighted by Gasteiger charge is -2.09. The Bertz CT molecular complexity index is 1040. The molecule has 0 atom stereocenters. The fourth-order valence-corrected chi connectivity index (χ4v) is 3.21. The molecule has 0 saturated heterocycles. The first-order chi connectivity index (χ1) is 14.6. The van der Waals surface area contributed by atoms with E-state index >= 15 is 0 Å². The summed E-state index contributed by atoms with van der Waals surface area (Å²) < 4.78 is 46.3. The Hall–Kier alpha value is -2.72. The highest BCUT2D eigenvalue weighted by Crippen LogP contribution is 2.32. The third-order valence-electron chi connectivity index (χ3n) is 4.24. The maximum atomic E-state index is 12.7. The van der Waals surface area contributed by atoms with Gasteiger partial charge < -0.3 is 10.1 Å². The van der Waals surface area contributed by atoms with E-state index in [4.69, 9.17) is 27.9 Å². The Balaban J connectivity index is 1.46. The lowest BCUT2D eigenvalue weighted by Crippen LogP contribution is -2.26. The van der Waals surface area contributed by atoms with Crippen molar-refractivity contribution in [2.45, 2.75) is 32.8 Å². The van der Waals surface area contributed by atoms with Crippen LogP contribution >= 0.6 is 23.2 Å². The molecule has 0 aliphatic heterocycles. The van der Waals surface area contributed by atoms with Crippen molar-refractivity contribution in [1.29, 1.82) is 0 Å². The molecule has 31 heavy (non-hydrogen) atoms. The van der Waals surface area contributed by atoms with Crippen LogP contribution in [0.1, 0.15) is 28.3 Å². The van der Waals surface area contributed by atoms with Gasteiger partial charge in [0.15, 0.2) is 18.2 Å². The molecular weight excluding hydrogens is 458 g/mol. The van der Waals surface area contributed by atoms with Crippen LogP contribution in [0.2, 0.25) is 10.0 Å². The van der Waals surface area contributed by atoms with E-state index in [9.17, 15) is 18.0 Å². The number of halogens is 5. The second-order valence-corrected chi connectivity index (χ2v) is 7.38. The maximum absolute atomic E-state index is 12.7. The van der Waals surface area contributed by atoms with Gasteiger partial charge in [0.1, 0.15) is 5.69 Å². The van der Waals surface area contributed by atoms with E-state index in [1.807, 2.05) is 0 Å². The molecule has 0 unspecified atom stereocenters. The third-order valence-corrected chi connectivity index (χ3v) is 4.83. The molecule has 1 amide bonds. The van der Waals surface area contributed by atoms with Gasteiger partial charge in [-0.05, 0) is 37.6 Å². The fraction of sp³-hybridized carbons (Fsp3) is 0.316. The average molecular weight is 476 g/mol.